The lowest BCUT2D eigenvalue weighted by atomic mass is 10.1. The van der Waals surface area contributed by atoms with Crippen LogP contribution in [0, 0.1) is 0 Å². The van der Waals surface area contributed by atoms with Crippen LogP contribution < -0.4 is 0 Å². The molecule has 0 bridgehead atoms. The van der Waals surface area contributed by atoms with Gasteiger partial charge < -0.3 is 33.2 Å². The number of ether oxygens (including phenoxy) is 7. The Kier molecular flexibility index (Phi) is 4.85. The second-order valence-corrected chi connectivity index (χ2v) is 3.42. The number of hydrogen-bond acceptors (Lipinski definition) is 7. The van der Waals surface area contributed by atoms with Gasteiger partial charge in [-0.05, 0) is 0 Å². The summed E-state index contributed by atoms with van der Waals surface area (Å²) < 4.78 is 37.4. The van der Waals surface area contributed by atoms with E-state index in [1.807, 2.05) is 0 Å². The summed E-state index contributed by atoms with van der Waals surface area (Å²) in [7, 11) is 8.72. The van der Waals surface area contributed by atoms with Gasteiger partial charge >= 0.3 is 0 Å². The molecule has 0 aromatic carbocycles. The van der Waals surface area contributed by atoms with Crippen molar-refractivity contribution < 1.29 is 33.2 Å². The normalized spacial score (nSPS) is 30.7. The summed E-state index contributed by atoms with van der Waals surface area (Å²) in [5.41, 5.74) is 0. The first-order chi connectivity index (χ1) is 8.12. The second kappa shape index (κ2) is 5.57. The number of rotatable bonds is 6. The molecule has 0 N–H and O–H groups in total. The van der Waals surface area contributed by atoms with Gasteiger partial charge in [-0.1, -0.05) is 0 Å². The van der Waals surface area contributed by atoms with Crippen LogP contribution >= 0.6 is 0 Å². The minimum atomic E-state index is -1.38. The van der Waals surface area contributed by atoms with Crippen molar-refractivity contribution in [1.29, 1.82) is 0 Å². The molecule has 0 amide bonds. The molecule has 2 atom stereocenters. The molecule has 0 spiro atoms. The molecule has 1 rings (SSSR count). The predicted octanol–water partition coefficient (Wildman–Crippen LogP) is -0.0602. The molecule has 1 saturated heterocycles. The van der Waals surface area contributed by atoms with Crippen LogP contribution in [0.1, 0.15) is 0 Å². The topological polar surface area (TPSA) is 64.6 Å². The third kappa shape index (κ3) is 1.78. The molecule has 1 aliphatic heterocycles. The van der Waals surface area contributed by atoms with Crippen LogP contribution in [-0.2, 0) is 33.2 Å². The van der Waals surface area contributed by atoms with Crippen LogP contribution in [0.3, 0.4) is 0 Å². The standard InChI is InChI=1S/C10H20O7/c1-11-7-9(13-3,14-4)10(15-5,16-6)8(12-2)17-7/h7-8H,1-6H3/t7-,8+. The zero-order valence-corrected chi connectivity index (χ0v) is 11.0. The average Bonchev–Trinajstić information content (AvgIpc) is 2.67. The molecule has 7 heteroatoms. The average molecular weight is 252 g/mol. The van der Waals surface area contributed by atoms with Crippen molar-refractivity contribution in [2.75, 3.05) is 42.7 Å². The van der Waals surface area contributed by atoms with Gasteiger partial charge in [-0.25, -0.2) is 0 Å². The van der Waals surface area contributed by atoms with Crippen molar-refractivity contribution in [3.05, 3.63) is 0 Å². The van der Waals surface area contributed by atoms with Crippen LogP contribution in [0.25, 0.3) is 0 Å². The Balaban J connectivity index is 3.25. The molecule has 17 heavy (non-hydrogen) atoms. The lowest BCUT2D eigenvalue weighted by Crippen LogP contribution is -2.64. The SMILES string of the molecule is CO[C@@H]1O[C@H](OC)C(OC)(OC)C1(OC)OC. The first-order valence-electron chi connectivity index (χ1n) is 5.04. The molecule has 0 radical (unpaired) electrons. The van der Waals surface area contributed by atoms with E-state index in [0.717, 1.165) is 0 Å². The van der Waals surface area contributed by atoms with Crippen LogP contribution in [0.4, 0.5) is 0 Å². The largest absolute Gasteiger partial charge is 0.351 e. The van der Waals surface area contributed by atoms with Gasteiger partial charge in [0.2, 0.25) is 12.6 Å². The summed E-state index contributed by atoms with van der Waals surface area (Å²) in [6.07, 6.45) is -1.69. The van der Waals surface area contributed by atoms with Gasteiger partial charge in [0, 0.05) is 42.7 Å². The maximum absolute atomic E-state index is 5.51. The van der Waals surface area contributed by atoms with Crippen LogP contribution in [0.2, 0.25) is 0 Å². The molecular weight excluding hydrogens is 232 g/mol. The minimum absolute atomic E-state index is 0.845. The molecule has 7 nitrogen and oxygen atoms in total. The Labute approximate surface area is 101 Å². The lowest BCUT2D eigenvalue weighted by Gasteiger charge is -2.41. The quantitative estimate of drug-likeness (QED) is 0.613. The highest BCUT2D eigenvalue weighted by molar-refractivity contribution is 5.00. The summed E-state index contributed by atoms with van der Waals surface area (Å²) in [6, 6.07) is 0. The van der Waals surface area contributed by atoms with Gasteiger partial charge in [-0.2, -0.15) is 0 Å². The fourth-order valence-corrected chi connectivity index (χ4v) is 2.16. The molecule has 0 aromatic rings. The highest BCUT2D eigenvalue weighted by Crippen LogP contribution is 2.46. The summed E-state index contributed by atoms with van der Waals surface area (Å²) in [5, 5.41) is 0. The summed E-state index contributed by atoms with van der Waals surface area (Å²) in [4.78, 5) is 0. The number of methoxy groups -OCH3 is 6. The minimum Gasteiger partial charge on any atom is -0.351 e. The summed E-state index contributed by atoms with van der Waals surface area (Å²) in [6.45, 7) is 0. The fraction of sp³-hybridized carbons (Fsp3) is 1.00. The molecule has 0 aliphatic carbocycles. The highest BCUT2D eigenvalue weighted by atomic mass is 16.9. The molecular formula is C10H20O7. The molecule has 0 unspecified atom stereocenters. The second-order valence-electron chi connectivity index (χ2n) is 3.42. The lowest BCUT2D eigenvalue weighted by molar-refractivity contribution is -0.406. The van der Waals surface area contributed by atoms with Crippen molar-refractivity contribution in [3.63, 3.8) is 0 Å². The Morgan fingerprint density at radius 2 is 0.941 bits per heavy atom. The van der Waals surface area contributed by atoms with Crippen LogP contribution in [0.5, 0.6) is 0 Å². The first kappa shape index (κ1) is 14.8. The van der Waals surface area contributed by atoms with E-state index in [1.54, 1.807) is 0 Å². The van der Waals surface area contributed by atoms with Crippen molar-refractivity contribution in [3.8, 4) is 0 Å². The first-order valence-corrected chi connectivity index (χ1v) is 5.04. The third-order valence-electron chi connectivity index (χ3n) is 2.99. The maximum atomic E-state index is 5.51. The van der Waals surface area contributed by atoms with E-state index in [1.165, 1.54) is 42.7 Å². The van der Waals surface area contributed by atoms with Crippen molar-refractivity contribution >= 4 is 0 Å². The van der Waals surface area contributed by atoms with Crippen LogP contribution in [0.15, 0.2) is 0 Å². The Bertz CT molecular complexity index is 213. The van der Waals surface area contributed by atoms with Crippen molar-refractivity contribution in [2.45, 2.75) is 24.2 Å². The van der Waals surface area contributed by atoms with Gasteiger partial charge in [0.25, 0.3) is 11.6 Å². The monoisotopic (exact) mass is 252 g/mol. The molecule has 1 fully saturated rings. The van der Waals surface area contributed by atoms with E-state index < -0.39 is 24.2 Å². The summed E-state index contributed by atoms with van der Waals surface area (Å²) in [5.74, 6) is -2.77. The Morgan fingerprint density at radius 3 is 1.12 bits per heavy atom. The van der Waals surface area contributed by atoms with Crippen LogP contribution in [-0.4, -0.2) is 66.8 Å². The van der Waals surface area contributed by atoms with E-state index >= 15 is 0 Å². The number of hydrogen-bond donors (Lipinski definition) is 0. The van der Waals surface area contributed by atoms with Gasteiger partial charge in [0.05, 0.1) is 0 Å². The van der Waals surface area contributed by atoms with Gasteiger partial charge in [-0.3, -0.25) is 0 Å². The molecule has 0 saturated carbocycles. The zero-order valence-electron chi connectivity index (χ0n) is 11.0. The van der Waals surface area contributed by atoms with Gasteiger partial charge in [-0.15, -0.1) is 0 Å². The van der Waals surface area contributed by atoms with E-state index in [0.29, 0.717) is 0 Å². The van der Waals surface area contributed by atoms with E-state index in [9.17, 15) is 0 Å². The van der Waals surface area contributed by atoms with E-state index in [4.69, 9.17) is 33.2 Å². The van der Waals surface area contributed by atoms with E-state index in [-0.39, 0.29) is 0 Å². The summed E-state index contributed by atoms with van der Waals surface area (Å²) >= 11 is 0. The smallest absolute Gasteiger partial charge is 0.281 e. The third-order valence-corrected chi connectivity index (χ3v) is 2.99. The molecule has 102 valence electrons. The van der Waals surface area contributed by atoms with Crippen molar-refractivity contribution in [2.24, 2.45) is 0 Å². The highest BCUT2D eigenvalue weighted by Gasteiger charge is 2.72. The zero-order chi connectivity index (χ0) is 13.1. The predicted molar refractivity (Wildman–Crippen MR) is 56.2 cm³/mol. The molecule has 1 aliphatic rings. The Morgan fingerprint density at radius 1 is 0.647 bits per heavy atom. The maximum Gasteiger partial charge on any atom is 0.281 e. The molecule has 0 aromatic heterocycles. The Hall–Kier alpha value is -0.280. The fourth-order valence-electron chi connectivity index (χ4n) is 2.16. The molecule has 1 heterocycles. The van der Waals surface area contributed by atoms with Gasteiger partial charge in [0.1, 0.15) is 0 Å². The van der Waals surface area contributed by atoms with E-state index in [2.05, 4.69) is 0 Å². The van der Waals surface area contributed by atoms with Crippen molar-refractivity contribution in [1.82, 2.24) is 0 Å². The van der Waals surface area contributed by atoms with Gasteiger partial charge in [0.15, 0.2) is 0 Å².